The van der Waals surface area contributed by atoms with Gasteiger partial charge >= 0.3 is 5.97 Å². The zero-order valence-electron chi connectivity index (χ0n) is 9.33. The van der Waals surface area contributed by atoms with Crippen molar-refractivity contribution in [2.75, 3.05) is 0 Å². The van der Waals surface area contributed by atoms with Gasteiger partial charge in [-0.2, -0.15) is 0 Å². The van der Waals surface area contributed by atoms with Crippen LogP contribution in [0.1, 0.15) is 46.0 Å². The van der Waals surface area contributed by atoms with Crippen molar-refractivity contribution in [2.45, 2.75) is 46.0 Å². The normalized spacial score (nSPS) is 14.7. The number of hydrogen-bond donors (Lipinski definition) is 1. The highest BCUT2D eigenvalue weighted by Crippen LogP contribution is 2.21. The first-order valence-electron chi connectivity index (χ1n) is 5.47. The van der Waals surface area contributed by atoms with Gasteiger partial charge in [0.25, 0.3) is 0 Å². The first-order valence-corrected chi connectivity index (χ1v) is 5.47. The predicted octanol–water partition coefficient (Wildman–Crippen LogP) is 3.48. The van der Waals surface area contributed by atoms with E-state index in [1.54, 1.807) is 0 Å². The van der Waals surface area contributed by atoms with E-state index >= 15 is 0 Å². The van der Waals surface area contributed by atoms with Crippen LogP contribution in [0.2, 0.25) is 0 Å². The predicted molar refractivity (Wildman–Crippen MR) is 59.2 cm³/mol. The first-order chi connectivity index (χ1) is 6.63. The number of allylic oxidation sites excluding steroid dienone is 1. The van der Waals surface area contributed by atoms with Crippen LogP contribution in [0, 0.1) is 11.8 Å². The van der Waals surface area contributed by atoms with Crippen molar-refractivity contribution in [2.24, 2.45) is 11.8 Å². The van der Waals surface area contributed by atoms with Gasteiger partial charge in [0.2, 0.25) is 0 Å². The molecule has 0 aromatic rings. The first kappa shape index (κ1) is 13.2. The van der Waals surface area contributed by atoms with E-state index in [0.717, 1.165) is 32.1 Å². The molecule has 0 amide bonds. The molecular formula is C12H22O2. The largest absolute Gasteiger partial charge is 0.481 e. The van der Waals surface area contributed by atoms with Crippen LogP contribution < -0.4 is 0 Å². The van der Waals surface area contributed by atoms with Gasteiger partial charge in [-0.25, -0.2) is 0 Å². The molecule has 0 radical (unpaired) electrons. The summed E-state index contributed by atoms with van der Waals surface area (Å²) in [5, 5.41) is 9.01. The summed E-state index contributed by atoms with van der Waals surface area (Å²) in [5.74, 6) is -0.515. The second-order valence-corrected chi connectivity index (χ2v) is 3.90. The molecule has 82 valence electrons. The van der Waals surface area contributed by atoms with E-state index < -0.39 is 5.97 Å². The van der Waals surface area contributed by atoms with Crippen LogP contribution in [0.3, 0.4) is 0 Å². The Labute approximate surface area is 87.0 Å². The van der Waals surface area contributed by atoms with Gasteiger partial charge in [-0.15, -0.1) is 6.58 Å². The third-order valence-corrected chi connectivity index (χ3v) is 2.82. The van der Waals surface area contributed by atoms with E-state index in [2.05, 4.69) is 6.58 Å². The van der Waals surface area contributed by atoms with Gasteiger partial charge in [0, 0.05) is 0 Å². The van der Waals surface area contributed by atoms with E-state index in [1.807, 2.05) is 19.9 Å². The molecule has 0 aliphatic carbocycles. The minimum atomic E-state index is -0.641. The van der Waals surface area contributed by atoms with Gasteiger partial charge < -0.3 is 5.11 Å². The number of carboxylic acid groups (broad SMARTS) is 1. The minimum Gasteiger partial charge on any atom is -0.481 e. The monoisotopic (exact) mass is 198 g/mol. The average molecular weight is 198 g/mol. The lowest BCUT2D eigenvalue weighted by Gasteiger charge is -2.18. The third-order valence-electron chi connectivity index (χ3n) is 2.82. The summed E-state index contributed by atoms with van der Waals surface area (Å²) in [6, 6.07) is 0. The summed E-state index contributed by atoms with van der Waals surface area (Å²) in [6.07, 6.45) is 6.68. The molecule has 0 aliphatic heterocycles. The molecule has 2 nitrogen and oxygen atoms in total. The maximum Gasteiger partial charge on any atom is 0.306 e. The zero-order chi connectivity index (χ0) is 11.0. The maximum absolute atomic E-state index is 10.9. The summed E-state index contributed by atoms with van der Waals surface area (Å²) in [5.41, 5.74) is 0. The van der Waals surface area contributed by atoms with Gasteiger partial charge in [-0.3, -0.25) is 4.79 Å². The fourth-order valence-electron chi connectivity index (χ4n) is 1.59. The van der Waals surface area contributed by atoms with Crippen LogP contribution in [0.15, 0.2) is 12.7 Å². The minimum absolute atomic E-state index is 0.162. The van der Waals surface area contributed by atoms with Crippen molar-refractivity contribution in [1.82, 2.24) is 0 Å². The Bertz CT molecular complexity index is 175. The fraction of sp³-hybridized carbons (Fsp3) is 0.750. The average Bonchev–Trinajstić information content (AvgIpc) is 2.16. The highest BCUT2D eigenvalue weighted by atomic mass is 16.4. The smallest absolute Gasteiger partial charge is 0.306 e. The van der Waals surface area contributed by atoms with Crippen LogP contribution in [0.4, 0.5) is 0 Å². The van der Waals surface area contributed by atoms with Gasteiger partial charge in [-0.05, 0) is 25.2 Å². The molecule has 14 heavy (non-hydrogen) atoms. The van der Waals surface area contributed by atoms with E-state index in [-0.39, 0.29) is 11.8 Å². The van der Waals surface area contributed by atoms with Crippen molar-refractivity contribution in [3.63, 3.8) is 0 Å². The molecule has 0 saturated heterocycles. The Morgan fingerprint density at radius 3 is 2.57 bits per heavy atom. The number of aliphatic carboxylic acids is 1. The van der Waals surface area contributed by atoms with Crippen molar-refractivity contribution in [3.8, 4) is 0 Å². The highest BCUT2D eigenvalue weighted by Gasteiger charge is 2.22. The lowest BCUT2D eigenvalue weighted by atomic mass is 9.87. The highest BCUT2D eigenvalue weighted by molar-refractivity contribution is 5.70. The maximum atomic E-state index is 10.9. The van der Waals surface area contributed by atoms with Gasteiger partial charge in [-0.1, -0.05) is 32.8 Å². The zero-order valence-corrected chi connectivity index (χ0v) is 9.33. The number of unbranched alkanes of at least 4 members (excludes halogenated alkanes) is 2. The Morgan fingerprint density at radius 1 is 1.50 bits per heavy atom. The lowest BCUT2D eigenvalue weighted by molar-refractivity contribution is -0.143. The van der Waals surface area contributed by atoms with E-state index in [1.165, 1.54) is 0 Å². The van der Waals surface area contributed by atoms with Gasteiger partial charge in [0.1, 0.15) is 0 Å². The van der Waals surface area contributed by atoms with E-state index in [9.17, 15) is 4.79 Å². The Kier molecular flexibility index (Phi) is 7.17. The molecule has 0 saturated carbocycles. The Hall–Kier alpha value is -0.790. The van der Waals surface area contributed by atoms with Crippen molar-refractivity contribution < 1.29 is 9.90 Å². The second kappa shape index (κ2) is 7.60. The molecule has 0 rings (SSSR count). The van der Waals surface area contributed by atoms with Crippen molar-refractivity contribution in [1.29, 1.82) is 0 Å². The molecule has 2 atom stereocenters. The van der Waals surface area contributed by atoms with Crippen LogP contribution in [0.5, 0.6) is 0 Å². The molecule has 0 heterocycles. The summed E-state index contributed by atoms with van der Waals surface area (Å²) in [7, 11) is 0. The number of rotatable bonds is 8. The molecule has 0 aliphatic rings. The summed E-state index contributed by atoms with van der Waals surface area (Å²) < 4.78 is 0. The number of hydrogen-bond acceptors (Lipinski definition) is 1. The molecule has 2 unspecified atom stereocenters. The molecule has 0 spiro atoms. The van der Waals surface area contributed by atoms with Gasteiger partial charge in [0.05, 0.1) is 5.92 Å². The molecule has 1 N–H and O–H groups in total. The second-order valence-electron chi connectivity index (χ2n) is 3.90. The summed E-state index contributed by atoms with van der Waals surface area (Å²) in [4.78, 5) is 10.9. The topological polar surface area (TPSA) is 37.3 Å². The van der Waals surface area contributed by atoms with Crippen molar-refractivity contribution >= 4 is 5.97 Å². The fourth-order valence-corrected chi connectivity index (χ4v) is 1.59. The van der Waals surface area contributed by atoms with Crippen LogP contribution >= 0.6 is 0 Å². The van der Waals surface area contributed by atoms with E-state index in [0.29, 0.717) is 0 Å². The molecule has 0 aromatic heterocycles. The Morgan fingerprint density at radius 2 is 2.14 bits per heavy atom. The molecule has 0 fully saturated rings. The van der Waals surface area contributed by atoms with Crippen LogP contribution in [0.25, 0.3) is 0 Å². The van der Waals surface area contributed by atoms with Crippen LogP contribution in [-0.4, -0.2) is 11.1 Å². The van der Waals surface area contributed by atoms with E-state index in [4.69, 9.17) is 5.11 Å². The van der Waals surface area contributed by atoms with Gasteiger partial charge in [0.15, 0.2) is 0 Å². The van der Waals surface area contributed by atoms with Crippen LogP contribution in [-0.2, 0) is 4.79 Å². The quantitative estimate of drug-likeness (QED) is 0.479. The number of carbonyl (C=O) groups is 1. The Balaban J connectivity index is 3.85. The summed E-state index contributed by atoms with van der Waals surface area (Å²) >= 11 is 0. The SMILES string of the molecule is C=CCCCCC(C(=O)O)C(C)CC. The van der Waals surface area contributed by atoms with Crippen molar-refractivity contribution in [3.05, 3.63) is 12.7 Å². The summed E-state index contributed by atoms with van der Waals surface area (Å²) in [6.45, 7) is 7.71. The molecule has 0 aromatic carbocycles. The number of carboxylic acids is 1. The third kappa shape index (κ3) is 5.05. The molecule has 2 heteroatoms. The molecule has 0 bridgehead atoms. The lowest BCUT2D eigenvalue weighted by Crippen LogP contribution is -2.21. The standard InChI is InChI=1S/C12H22O2/c1-4-6-7-8-9-11(12(13)14)10(3)5-2/h4,10-11H,1,5-9H2,2-3H3,(H,13,14). The molecular weight excluding hydrogens is 176 g/mol.